The average Bonchev–Trinajstić information content (AvgIpc) is 2.66. The lowest BCUT2D eigenvalue weighted by atomic mass is 9.82. The first kappa shape index (κ1) is 21.8. The van der Waals surface area contributed by atoms with Gasteiger partial charge in [0, 0.05) is 35.3 Å². The molecule has 3 heterocycles. The maximum Gasteiger partial charge on any atom is 0.336 e. The first-order valence-corrected chi connectivity index (χ1v) is 12.2. The molecule has 0 saturated carbocycles. The molecule has 8 nitrogen and oxygen atoms in total. The van der Waals surface area contributed by atoms with Crippen LogP contribution in [0.1, 0.15) is 52.9 Å². The fraction of sp³-hybridized carbons (Fsp3) is 0.545. The Hall–Kier alpha value is -2.39. The number of carbonyl (C=O) groups excluding carboxylic acids is 1. The Labute approximate surface area is 182 Å². The van der Waals surface area contributed by atoms with Gasteiger partial charge in [-0.2, -0.15) is 0 Å². The summed E-state index contributed by atoms with van der Waals surface area (Å²) in [5, 5.41) is 3.69. The molecule has 31 heavy (non-hydrogen) atoms. The van der Waals surface area contributed by atoms with Crippen molar-refractivity contribution in [2.75, 3.05) is 5.32 Å². The second-order valence-corrected chi connectivity index (χ2v) is 12.0. The van der Waals surface area contributed by atoms with Gasteiger partial charge in [-0.05, 0) is 77.1 Å². The number of anilines is 1. The molecule has 2 unspecified atom stereocenters. The molecule has 0 spiro atoms. The predicted molar refractivity (Wildman–Crippen MR) is 120 cm³/mol. The number of nitrogens with one attached hydrogen (secondary N) is 2. The molecule has 0 aliphatic carbocycles. The van der Waals surface area contributed by atoms with Gasteiger partial charge in [0.05, 0.1) is 4.75 Å². The maximum absolute atomic E-state index is 13.1. The van der Waals surface area contributed by atoms with Crippen LogP contribution < -0.4 is 15.7 Å². The number of fused-ring (bicyclic) bond motifs is 3. The quantitative estimate of drug-likeness (QED) is 0.701. The molecule has 2 fully saturated rings. The van der Waals surface area contributed by atoms with Crippen molar-refractivity contribution in [3.63, 3.8) is 0 Å². The molecule has 168 valence electrons. The molecule has 2 aromatic rings. The van der Waals surface area contributed by atoms with E-state index < -0.39 is 20.4 Å². The zero-order valence-corrected chi connectivity index (χ0v) is 18.9. The minimum Gasteiger partial charge on any atom is -0.423 e. The Kier molecular flexibility index (Phi) is 5.59. The van der Waals surface area contributed by atoms with E-state index in [9.17, 15) is 18.0 Å². The Balaban J connectivity index is 1.48. The number of nitrogens with zero attached hydrogens (tertiary/aromatic N) is 1. The van der Waals surface area contributed by atoms with Crippen LogP contribution in [0.3, 0.4) is 0 Å². The molecular weight excluding hydrogens is 418 g/mol. The van der Waals surface area contributed by atoms with Gasteiger partial charge in [0.15, 0.2) is 0 Å². The van der Waals surface area contributed by atoms with Crippen LogP contribution in [0.25, 0.3) is 11.0 Å². The van der Waals surface area contributed by atoms with Gasteiger partial charge < -0.3 is 14.6 Å². The van der Waals surface area contributed by atoms with Crippen LogP contribution >= 0.6 is 0 Å². The van der Waals surface area contributed by atoms with Gasteiger partial charge in [0.1, 0.15) is 5.58 Å². The minimum atomic E-state index is -3.44. The molecule has 9 heteroatoms. The van der Waals surface area contributed by atoms with E-state index in [-0.39, 0.29) is 24.2 Å². The van der Waals surface area contributed by atoms with E-state index in [2.05, 4.69) is 10.0 Å². The van der Waals surface area contributed by atoms with Crippen LogP contribution in [0, 0.1) is 0 Å². The first-order chi connectivity index (χ1) is 14.5. The number of urea groups is 1. The number of hydrogen-bond acceptors (Lipinski definition) is 5. The lowest BCUT2D eigenvalue weighted by Gasteiger charge is -2.49. The molecule has 2 aliphatic heterocycles. The third kappa shape index (κ3) is 4.48. The van der Waals surface area contributed by atoms with E-state index in [0.29, 0.717) is 24.1 Å². The van der Waals surface area contributed by atoms with Gasteiger partial charge in [-0.25, -0.2) is 22.7 Å². The van der Waals surface area contributed by atoms with Crippen molar-refractivity contribution < 1.29 is 17.6 Å². The Morgan fingerprint density at radius 1 is 1.10 bits per heavy atom. The molecule has 2 amide bonds. The normalized spacial score (nSPS) is 24.2. The minimum absolute atomic E-state index is 0.00125. The van der Waals surface area contributed by atoms with Crippen LogP contribution in [0.4, 0.5) is 10.5 Å². The average molecular weight is 448 g/mol. The summed E-state index contributed by atoms with van der Waals surface area (Å²) in [4.78, 5) is 26.4. The fourth-order valence-corrected chi connectivity index (χ4v) is 5.53. The number of hydrogen-bond donors (Lipinski definition) is 2. The number of piperidine rings is 2. The largest absolute Gasteiger partial charge is 0.423 e. The van der Waals surface area contributed by atoms with Crippen molar-refractivity contribution in [3.8, 4) is 0 Å². The van der Waals surface area contributed by atoms with Crippen molar-refractivity contribution in [2.45, 2.75) is 75.7 Å². The van der Waals surface area contributed by atoms with Crippen molar-refractivity contribution in [3.05, 3.63) is 40.8 Å². The monoisotopic (exact) mass is 447 g/mol. The summed E-state index contributed by atoms with van der Waals surface area (Å²) in [5.74, 6) is 0. The standard InChI is InChI=1S/C22H29N3O5S/c1-22(2,3)31(28,29)24-16-12-17-5-4-6-18(13-16)25(17)21(27)23-15-8-9-19-14(11-15)7-10-20(26)30-19/h7-11,16-18,24H,4-6,12-13H2,1-3H3,(H,23,27). The summed E-state index contributed by atoms with van der Waals surface area (Å²) in [7, 11) is -3.44. The summed E-state index contributed by atoms with van der Waals surface area (Å²) in [6, 6.07) is 7.83. The van der Waals surface area contributed by atoms with Crippen LogP contribution in [0.2, 0.25) is 0 Å². The van der Waals surface area contributed by atoms with Gasteiger partial charge in [0.25, 0.3) is 0 Å². The Morgan fingerprint density at radius 3 is 2.42 bits per heavy atom. The van der Waals surface area contributed by atoms with Gasteiger partial charge in [-0.3, -0.25) is 0 Å². The van der Waals surface area contributed by atoms with E-state index >= 15 is 0 Å². The zero-order valence-electron chi connectivity index (χ0n) is 18.1. The van der Waals surface area contributed by atoms with Gasteiger partial charge in [-0.15, -0.1) is 0 Å². The lowest BCUT2D eigenvalue weighted by molar-refractivity contribution is 0.0660. The van der Waals surface area contributed by atoms with Crippen LogP contribution in [0.5, 0.6) is 0 Å². The van der Waals surface area contributed by atoms with E-state index in [4.69, 9.17) is 4.42 Å². The van der Waals surface area contributed by atoms with E-state index in [0.717, 1.165) is 24.6 Å². The van der Waals surface area contributed by atoms with Gasteiger partial charge in [-0.1, -0.05) is 0 Å². The molecule has 1 aromatic carbocycles. The smallest absolute Gasteiger partial charge is 0.336 e. The van der Waals surface area contributed by atoms with Gasteiger partial charge in [0.2, 0.25) is 10.0 Å². The predicted octanol–water partition coefficient (Wildman–Crippen LogP) is 3.43. The molecule has 4 rings (SSSR count). The molecule has 0 radical (unpaired) electrons. The number of benzene rings is 1. The highest BCUT2D eigenvalue weighted by atomic mass is 32.2. The van der Waals surface area contributed by atoms with E-state index in [1.54, 1.807) is 45.0 Å². The van der Waals surface area contributed by atoms with Crippen molar-refractivity contribution in [1.82, 2.24) is 9.62 Å². The van der Waals surface area contributed by atoms with Crippen LogP contribution in [-0.2, 0) is 10.0 Å². The van der Waals surface area contributed by atoms with E-state index in [1.165, 1.54) is 6.07 Å². The number of carbonyl (C=O) groups is 1. The van der Waals surface area contributed by atoms with Gasteiger partial charge >= 0.3 is 11.7 Å². The molecular formula is C22H29N3O5S. The molecule has 2 atom stereocenters. The molecule has 2 N–H and O–H groups in total. The molecule has 2 bridgehead atoms. The molecule has 2 saturated heterocycles. The van der Waals surface area contributed by atoms with E-state index in [1.807, 2.05) is 4.90 Å². The topological polar surface area (TPSA) is 109 Å². The highest BCUT2D eigenvalue weighted by Gasteiger charge is 2.43. The Bertz CT molecular complexity index is 1140. The van der Waals surface area contributed by atoms with Crippen molar-refractivity contribution >= 4 is 32.7 Å². The highest BCUT2D eigenvalue weighted by molar-refractivity contribution is 7.90. The molecule has 2 aliphatic rings. The van der Waals surface area contributed by atoms with Crippen molar-refractivity contribution in [1.29, 1.82) is 0 Å². The number of amides is 2. The summed E-state index contributed by atoms with van der Waals surface area (Å²) in [6.07, 6.45) is 3.98. The third-order valence-electron chi connectivity index (χ3n) is 6.21. The fourth-order valence-electron chi connectivity index (χ4n) is 4.54. The van der Waals surface area contributed by atoms with Crippen LogP contribution in [0.15, 0.2) is 39.5 Å². The summed E-state index contributed by atoms with van der Waals surface area (Å²) in [6.45, 7) is 5.06. The summed E-state index contributed by atoms with van der Waals surface area (Å²) < 4.78 is 32.3. The van der Waals surface area contributed by atoms with Crippen LogP contribution in [-0.4, -0.2) is 42.2 Å². The zero-order chi connectivity index (χ0) is 22.4. The highest BCUT2D eigenvalue weighted by Crippen LogP contribution is 2.35. The summed E-state index contributed by atoms with van der Waals surface area (Å²) >= 11 is 0. The lowest BCUT2D eigenvalue weighted by Crippen LogP contribution is -2.60. The second kappa shape index (κ2) is 7.94. The van der Waals surface area contributed by atoms with Crippen molar-refractivity contribution in [2.24, 2.45) is 0 Å². The number of sulfonamides is 1. The SMILES string of the molecule is CC(C)(C)S(=O)(=O)NC1CC2CCCC(C1)N2C(=O)Nc1ccc2oc(=O)ccc2c1. The molecule has 1 aromatic heterocycles. The Morgan fingerprint density at radius 2 is 1.77 bits per heavy atom. The maximum atomic E-state index is 13.1. The number of rotatable bonds is 3. The first-order valence-electron chi connectivity index (χ1n) is 10.7. The summed E-state index contributed by atoms with van der Waals surface area (Å²) in [5.41, 5.74) is 0.677. The third-order valence-corrected chi connectivity index (χ3v) is 8.46. The second-order valence-electron chi connectivity index (χ2n) is 9.48.